The standard InChI is InChI=1S/C11H13NO2S/c13-11(14)10-6-9(7-12-10)15-8-4-2-1-3-5-8/h1-5,9-10,12H,6-7H2,(H,13,14)/t9-,10-/m0/s1. The molecule has 2 atom stereocenters. The Morgan fingerprint density at radius 3 is 2.73 bits per heavy atom. The first kappa shape index (κ1) is 10.5. The third-order valence-electron chi connectivity index (χ3n) is 2.43. The van der Waals surface area contributed by atoms with Crippen molar-refractivity contribution >= 4 is 17.7 Å². The van der Waals surface area contributed by atoms with Gasteiger partial charge in [-0.2, -0.15) is 0 Å². The number of nitrogens with one attached hydrogen (secondary N) is 1. The highest BCUT2D eigenvalue weighted by Crippen LogP contribution is 2.28. The van der Waals surface area contributed by atoms with Gasteiger partial charge in [0, 0.05) is 16.7 Å². The van der Waals surface area contributed by atoms with Crippen LogP contribution in [0.3, 0.4) is 0 Å². The van der Waals surface area contributed by atoms with Crippen molar-refractivity contribution in [3.63, 3.8) is 0 Å². The molecule has 80 valence electrons. The van der Waals surface area contributed by atoms with Crippen molar-refractivity contribution in [2.45, 2.75) is 22.6 Å². The lowest BCUT2D eigenvalue weighted by molar-refractivity contribution is -0.139. The van der Waals surface area contributed by atoms with Gasteiger partial charge < -0.3 is 10.4 Å². The van der Waals surface area contributed by atoms with E-state index in [9.17, 15) is 4.79 Å². The van der Waals surface area contributed by atoms with E-state index in [-0.39, 0.29) is 6.04 Å². The zero-order valence-corrected chi connectivity index (χ0v) is 9.04. The molecular weight excluding hydrogens is 210 g/mol. The van der Waals surface area contributed by atoms with Crippen LogP contribution in [0.4, 0.5) is 0 Å². The molecule has 4 heteroatoms. The zero-order valence-electron chi connectivity index (χ0n) is 8.22. The van der Waals surface area contributed by atoms with Gasteiger partial charge in [0.25, 0.3) is 0 Å². The fraction of sp³-hybridized carbons (Fsp3) is 0.364. The number of thioether (sulfide) groups is 1. The number of carboxylic acids is 1. The SMILES string of the molecule is O=C(O)[C@@H]1C[C@H](Sc2ccccc2)CN1. The quantitative estimate of drug-likeness (QED) is 0.817. The predicted octanol–water partition coefficient (Wildman–Crippen LogP) is 1.59. The summed E-state index contributed by atoms with van der Waals surface area (Å²) in [6.07, 6.45) is 0.703. The number of hydrogen-bond donors (Lipinski definition) is 2. The lowest BCUT2D eigenvalue weighted by Crippen LogP contribution is -2.29. The van der Waals surface area contributed by atoms with Crippen LogP contribution >= 0.6 is 11.8 Å². The van der Waals surface area contributed by atoms with E-state index in [1.165, 1.54) is 4.90 Å². The van der Waals surface area contributed by atoms with E-state index in [1.54, 1.807) is 11.8 Å². The van der Waals surface area contributed by atoms with Crippen molar-refractivity contribution in [3.05, 3.63) is 30.3 Å². The first-order chi connectivity index (χ1) is 7.25. The van der Waals surface area contributed by atoms with E-state index in [0.29, 0.717) is 11.7 Å². The molecule has 0 amide bonds. The fourth-order valence-corrected chi connectivity index (χ4v) is 2.84. The Labute approximate surface area is 92.9 Å². The minimum Gasteiger partial charge on any atom is -0.480 e. The Hall–Kier alpha value is -1.00. The highest BCUT2D eigenvalue weighted by molar-refractivity contribution is 8.00. The molecule has 15 heavy (non-hydrogen) atoms. The van der Waals surface area contributed by atoms with Gasteiger partial charge in [-0.1, -0.05) is 18.2 Å². The second kappa shape index (κ2) is 4.68. The molecule has 0 bridgehead atoms. The van der Waals surface area contributed by atoms with Gasteiger partial charge in [-0.25, -0.2) is 0 Å². The van der Waals surface area contributed by atoms with Gasteiger partial charge in [-0.05, 0) is 18.6 Å². The Kier molecular flexibility index (Phi) is 3.28. The normalized spacial score (nSPS) is 25.3. The lowest BCUT2D eigenvalue weighted by Gasteiger charge is -2.07. The minimum atomic E-state index is -0.744. The van der Waals surface area contributed by atoms with Crippen molar-refractivity contribution in [2.24, 2.45) is 0 Å². The summed E-state index contributed by atoms with van der Waals surface area (Å²) in [6.45, 7) is 0.774. The number of benzene rings is 1. The third-order valence-corrected chi connectivity index (χ3v) is 3.67. The smallest absolute Gasteiger partial charge is 0.320 e. The first-order valence-corrected chi connectivity index (χ1v) is 5.81. The number of aliphatic carboxylic acids is 1. The molecule has 0 unspecified atom stereocenters. The van der Waals surface area contributed by atoms with E-state index in [0.717, 1.165) is 6.54 Å². The van der Waals surface area contributed by atoms with E-state index >= 15 is 0 Å². The van der Waals surface area contributed by atoms with Crippen LogP contribution in [0.5, 0.6) is 0 Å². The number of carbonyl (C=O) groups is 1. The van der Waals surface area contributed by atoms with Gasteiger partial charge in [0.15, 0.2) is 0 Å². The highest BCUT2D eigenvalue weighted by Gasteiger charge is 2.29. The van der Waals surface area contributed by atoms with Gasteiger partial charge in [0.1, 0.15) is 6.04 Å². The van der Waals surface area contributed by atoms with Crippen LogP contribution in [-0.4, -0.2) is 28.9 Å². The molecule has 1 aromatic carbocycles. The van der Waals surface area contributed by atoms with Crippen LogP contribution in [0.1, 0.15) is 6.42 Å². The van der Waals surface area contributed by atoms with Crippen LogP contribution in [-0.2, 0) is 4.79 Å². The summed E-state index contributed by atoms with van der Waals surface area (Å²) in [7, 11) is 0. The maximum absolute atomic E-state index is 10.7. The van der Waals surface area contributed by atoms with Crippen LogP contribution in [0, 0.1) is 0 Å². The summed E-state index contributed by atoms with van der Waals surface area (Å²) in [5.41, 5.74) is 0. The largest absolute Gasteiger partial charge is 0.480 e. The minimum absolute atomic E-state index is 0.369. The average Bonchev–Trinajstić information content (AvgIpc) is 2.68. The number of carboxylic acid groups (broad SMARTS) is 1. The van der Waals surface area contributed by atoms with Crippen LogP contribution < -0.4 is 5.32 Å². The molecule has 2 rings (SSSR count). The van der Waals surface area contributed by atoms with E-state index < -0.39 is 5.97 Å². The molecule has 0 aromatic heterocycles. The second-order valence-electron chi connectivity index (χ2n) is 3.59. The molecule has 2 N–H and O–H groups in total. The maximum Gasteiger partial charge on any atom is 0.320 e. The van der Waals surface area contributed by atoms with Gasteiger partial charge in [0.05, 0.1) is 0 Å². The molecular formula is C11H13NO2S. The second-order valence-corrected chi connectivity index (χ2v) is 4.96. The summed E-state index contributed by atoms with van der Waals surface area (Å²) in [4.78, 5) is 11.9. The number of hydrogen-bond acceptors (Lipinski definition) is 3. The molecule has 1 heterocycles. The molecule has 0 spiro atoms. The van der Waals surface area contributed by atoms with Gasteiger partial charge in [-0.15, -0.1) is 11.8 Å². The number of rotatable bonds is 3. The maximum atomic E-state index is 10.7. The third kappa shape index (κ3) is 2.73. The highest BCUT2D eigenvalue weighted by atomic mass is 32.2. The van der Waals surface area contributed by atoms with Crippen LogP contribution in [0.25, 0.3) is 0 Å². The molecule has 0 aliphatic carbocycles. The monoisotopic (exact) mass is 223 g/mol. The molecule has 1 saturated heterocycles. The first-order valence-electron chi connectivity index (χ1n) is 4.93. The van der Waals surface area contributed by atoms with Crippen molar-refractivity contribution in [1.82, 2.24) is 5.32 Å². The Morgan fingerprint density at radius 1 is 1.40 bits per heavy atom. The van der Waals surface area contributed by atoms with Crippen LogP contribution in [0.2, 0.25) is 0 Å². The van der Waals surface area contributed by atoms with Crippen molar-refractivity contribution in [2.75, 3.05) is 6.54 Å². The molecule has 0 saturated carbocycles. The summed E-state index contributed by atoms with van der Waals surface area (Å²) < 4.78 is 0. The Balaban J connectivity index is 1.90. The lowest BCUT2D eigenvalue weighted by atomic mass is 10.2. The zero-order chi connectivity index (χ0) is 10.7. The molecule has 1 aliphatic heterocycles. The molecule has 1 aliphatic rings. The van der Waals surface area contributed by atoms with Gasteiger partial charge in [0.2, 0.25) is 0 Å². The summed E-state index contributed by atoms with van der Waals surface area (Å²) in [5, 5.41) is 12.2. The predicted molar refractivity (Wildman–Crippen MR) is 60.1 cm³/mol. The van der Waals surface area contributed by atoms with Gasteiger partial charge in [-0.3, -0.25) is 4.79 Å². The van der Waals surface area contributed by atoms with Crippen molar-refractivity contribution < 1.29 is 9.90 Å². The summed E-state index contributed by atoms with van der Waals surface area (Å²) in [6, 6.07) is 9.72. The van der Waals surface area contributed by atoms with Crippen molar-refractivity contribution in [3.8, 4) is 0 Å². The summed E-state index contributed by atoms with van der Waals surface area (Å²) >= 11 is 1.75. The molecule has 3 nitrogen and oxygen atoms in total. The Bertz CT molecular complexity index is 342. The molecule has 0 radical (unpaired) electrons. The van der Waals surface area contributed by atoms with E-state index in [1.807, 2.05) is 18.2 Å². The molecule has 1 aromatic rings. The fourth-order valence-electron chi connectivity index (χ4n) is 1.67. The Morgan fingerprint density at radius 2 is 2.13 bits per heavy atom. The summed E-state index contributed by atoms with van der Waals surface area (Å²) in [5.74, 6) is -0.744. The van der Waals surface area contributed by atoms with Gasteiger partial charge >= 0.3 is 5.97 Å². The molecule has 1 fully saturated rings. The van der Waals surface area contributed by atoms with E-state index in [2.05, 4.69) is 17.4 Å². The van der Waals surface area contributed by atoms with E-state index in [4.69, 9.17) is 5.11 Å². The van der Waals surface area contributed by atoms with Crippen LogP contribution in [0.15, 0.2) is 35.2 Å². The van der Waals surface area contributed by atoms with Crippen molar-refractivity contribution in [1.29, 1.82) is 0 Å². The topological polar surface area (TPSA) is 49.3 Å². The average molecular weight is 223 g/mol.